The van der Waals surface area contributed by atoms with Gasteiger partial charge in [0.25, 0.3) is 0 Å². The third kappa shape index (κ3) is 6.04. The van der Waals surface area contributed by atoms with Crippen LogP contribution < -0.4 is 0 Å². The topological polar surface area (TPSA) is 80.9 Å². The molecule has 0 radical (unpaired) electrons. The molecule has 0 aromatic heterocycles. The maximum atomic E-state index is 10.5. The predicted molar refractivity (Wildman–Crippen MR) is 189 cm³/mol. The summed E-state index contributed by atoms with van der Waals surface area (Å²) >= 11 is 14.6. The second kappa shape index (κ2) is 12.6. The Morgan fingerprint density at radius 3 is 0.761 bits per heavy atom. The Kier molecular flexibility index (Phi) is 9.10. The molecule has 5 rings (SSSR count). The maximum absolute atomic E-state index is 10.5. The summed E-state index contributed by atoms with van der Waals surface area (Å²) in [6.07, 6.45) is 0. The van der Waals surface area contributed by atoms with Crippen molar-refractivity contribution >= 4 is 23.2 Å². The van der Waals surface area contributed by atoms with Crippen LogP contribution in [0.25, 0.3) is 0 Å². The number of hydrogen-bond acceptors (Lipinski definition) is 4. The lowest BCUT2D eigenvalue weighted by Gasteiger charge is -2.28. The SMILES string of the molecule is Cc1cc(C(c2cc(C)c(O)cc2C)c2cc(Cl)c(C(c3cc(C)c(O)cc3C)c3cc(C)c(O)cc3C)cc2Cl)c(C)cc1O. The van der Waals surface area contributed by atoms with E-state index in [1.54, 1.807) is 24.3 Å². The van der Waals surface area contributed by atoms with Crippen LogP contribution in [0.15, 0.2) is 60.7 Å². The van der Waals surface area contributed by atoms with Crippen LogP contribution in [0, 0.1) is 55.4 Å². The molecule has 4 nitrogen and oxygen atoms in total. The highest BCUT2D eigenvalue weighted by Gasteiger charge is 2.29. The fourth-order valence-corrected chi connectivity index (χ4v) is 7.12. The fraction of sp³-hybridized carbons (Fsp3) is 0.250. The molecule has 0 amide bonds. The van der Waals surface area contributed by atoms with Gasteiger partial charge in [0.05, 0.1) is 0 Å². The van der Waals surface area contributed by atoms with Crippen molar-refractivity contribution in [2.24, 2.45) is 0 Å². The number of halogens is 2. The van der Waals surface area contributed by atoms with Crippen molar-refractivity contribution in [2.75, 3.05) is 0 Å². The number of hydrogen-bond donors (Lipinski definition) is 4. The molecule has 0 aliphatic rings. The first-order valence-electron chi connectivity index (χ1n) is 15.3. The van der Waals surface area contributed by atoms with E-state index in [0.29, 0.717) is 10.0 Å². The van der Waals surface area contributed by atoms with E-state index < -0.39 is 0 Å². The number of phenolic OH excluding ortho intramolecular Hbond substituents is 4. The van der Waals surface area contributed by atoms with Gasteiger partial charge in [-0.1, -0.05) is 47.5 Å². The monoisotopic (exact) mass is 654 g/mol. The zero-order valence-corrected chi connectivity index (χ0v) is 29.0. The van der Waals surface area contributed by atoms with Gasteiger partial charge in [-0.15, -0.1) is 0 Å². The summed E-state index contributed by atoms with van der Waals surface area (Å²) < 4.78 is 0. The van der Waals surface area contributed by atoms with Crippen LogP contribution in [-0.2, 0) is 0 Å². The van der Waals surface area contributed by atoms with Gasteiger partial charge >= 0.3 is 0 Å². The van der Waals surface area contributed by atoms with Gasteiger partial charge in [-0.2, -0.15) is 0 Å². The van der Waals surface area contributed by atoms with E-state index in [4.69, 9.17) is 23.2 Å². The van der Waals surface area contributed by atoms with Crippen LogP contribution in [0.2, 0.25) is 10.0 Å². The fourth-order valence-electron chi connectivity index (χ4n) is 6.56. The van der Waals surface area contributed by atoms with Gasteiger partial charge in [0.15, 0.2) is 0 Å². The third-order valence-electron chi connectivity index (χ3n) is 9.32. The molecule has 0 saturated heterocycles. The molecule has 4 N–H and O–H groups in total. The lowest BCUT2D eigenvalue weighted by molar-refractivity contribution is 0.469. The molecular weight excluding hydrogens is 615 g/mol. The van der Waals surface area contributed by atoms with Gasteiger partial charge in [-0.3, -0.25) is 0 Å². The molecule has 0 aliphatic heterocycles. The van der Waals surface area contributed by atoms with Crippen molar-refractivity contribution in [3.05, 3.63) is 149 Å². The van der Waals surface area contributed by atoms with Gasteiger partial charge in [0.1, 0.15) is 23.0 Å². The molecule has 0 saturated carbocycles. The van der Waals surface area contributed by atoms with Crippen molar-refractivity contribution in [1.29, 1.82) is 0 Å². The summed E-state index contributed by atoms with van der Waals surface area (Å²) in [4.78, 5) is 0. The molecule has 0 fully saturated rings. The largest absolute Gasteiger partial charge is 0.508 e. The summed E-state index contributed by atoms with van der Waals surface area (Å²) in [6.45, 7) is 15.4. The molecule has 0 bridgehead atoms. The zero-order valence-electron chi connectivity index (χ0n) is 27.5. The number of rotatable bonds is 6. The predicted octanol–water partition coefficient (Wildman–Crippen LogP) is 10.6. The number of benzene rings is 5. The Balaban J connectivity index is 1.82. The van der Waals surface area contributed by atoms with E-state index >= 15 is 0 Å². The summed E-state index contributed by atoms with van der Waals surface area (Å²) in [6, 6.07) is 18.9. The molecule has 46 heavy (non-hydrogen) atoms. The van der Waals surface area contributed by atoms with Crippen molar-refractivity contribution in [2.45, 2.75) is 67.2 Å². The Morgan fingerprint density at radius 1 is 0.326 bits per heavy atom. The minimum atomic E-state index is -0.341. The number of aryl methyl sites for hydroxylation is 8. The maximum Gasteiger partial charge on any atom is 0.118 e. The lowest BCUT2D eigenvalue weighted by atomic mass is 9.77. The number of aromatic hydroxyl groups is 4. The molecule has 238 valence electrons. The second-order valence-corrected chi connectivity index (χ2v) is 13.6. The van der Waals surface area contributed by atoms with E-state index in [1.807, 2.05) is 91.8 Å². The van der Waals surface area contributed by atoms with Crippen LogP contribution in [0.3, 0.4) is 0 Å². The van der Waals surface area contributed by atoms with Crippen LogP contribution >= 0.6 is 23.2 Å². The van der Waals surface area contributed by atoms with E-state index in [1.165, 1.54) is 0 Å². The standard InChI is InChI=1S/C40H40Cl2O4/c1-19-13-35(43)23(5)9-27(19)39(28-10-24(6)36(44)14-20(28)2)31-17-34(42)32(18-33(31)41)40(29-11-25(7)37(45)15-21(29)3)30-12-26(8)38(46)16-22(30)4/h9-18,39-40,43-46H,1-8H3. The summed E-state index contributed by atoms with van der Waals surface area (Å²) in [5.74, 6) is 0.206. The number of phenols is 4. The molecule has 5 aromatic rings. The first-order valence-corrected chi connectivity index (χ1v) is 16.0. The minimum Gasteiger partial charge on any atom is -0.508 e. The third-order valence-corrected chi connectivity index (χ3v) is 9.98. The van der Waals surface area contributed by atoms with Gasteiger partial charge in [-0.05, 0) is 170 Å². The highest BCUT2D eigenvalue weighted by molar-refractivity contribution is 6.34. The molecular formula is C40H40Cl2O4. The molecule has 0 heterocycles. The van der Waals surface area contributed by atoms with Crippen molar-refractivity contribution in [3.8, 4) is 23.0 Å². The summed E-state index contributed by atoms with van der Waals surface area (Å²) in [5.41, 5.74) is 12.1. The lowest BCUT2D eigenvalue weighted by Crippen LogP contribution is -2.12. The molecule has 0 unspecified atom stereocenters. The highest BCUT2D eigenvalue weighted by atomic mass is 35.5. The second-order valence-electron chi connectivity index (χ2n) is 12.7. The average Bonchev–Trinajstić information content (AvgIpc) is 2.97. The Labute approximate surface area is 281 Å². The van der Waals surface area contributed by atoms with Gasteiger partial charge < -0.3 is 20.4 Å². The molecule has 0 aliphatic carbocycles. The van der Waals surface area contributed by atoms with Crippen LogP contribution in [0.5, 0.6) is 23.0 Å². The summed E-state index contributed by atoms with van der Waals surface area (Å²) in [5, 5.41) is 43.0. The normalized spacial score (nSPS) is 11.6. The molecule has 0 spiro atoms. The Hall–Kier alpha value is -4.12. The highest BCUT2D eigenvalue weighted by Crippen LogP contribution is 2.47. The Bertz CT molecular complexity index is 1750. The molecule has 5 aromatic carbocycles. The van der Waals surface area contributed by atoms with Crippen molar-refractivity contribution < 1.29 is 20.4 Å². The van der Waals surface area contributed by atoms with Crippen molar-refractivity contribution in [1.82, 2.24) is 0 Å². The quantitative estimate of drug-likeness (QED) is 0.137. The minimum absolute atomic E-state index is 0.222. The van der Waals surface area contributed by atoms with E-state index in [9.17, 15) is 20.4 Å². The van der Waals surface area contributed by atoms with E-state index in [-0.39, 0.29) is 34.8 Å². The Morgan fingerprint density at radius 2 is 0.543 bits per heavy atom. The smallest absolute Gasteiger partial charge is 0.118 e. The van der Waals surface area contributed by atoms with Gasteiger partial charge in [0, 0.05) is 21.9 Å². The first-order chi connectivity index (χ1) is 21.6. The van der Waals surface area contributed by atoms with E-state index in [0.717, 1.165) is 77.9 Å². The van der Waals surface area contributed by atoms with Crippen molar-refractivity contribution in [3.63, 3.8) is 0 Å². The van der Waals surface area contributed by atoms with Crippen LogP contribution in [0.4, 0.5) is 0 Å². The molecule has 6 heteroatoms. The average molecular weight is 656 g/mol. The van der Waals surface area contributed by atoms with Crippen LogP contribution in [0.1, 0.15) is 89.7 Å². The molecule has 0 atom stereocenters. The van der Waals surface area contributed by atoms with Gasteiger partial charge in [0.2, 0.25) is 0 Å². The zero-order chi connectivity index (χ0) is 33.8. The van der Waals surface area contributed by atoms with E-state index in [2.05, 4.69) is 0 Å². The first kappa shape index (κ1) is 33.2. The van der Waals surface area contributed by atoms with Crippen LogP contribution in [-0.4, -0.2) is 20.4 Å². The van der Waals surface area contributed by atoms with Gasteiger partial charge in [-0.25, -0.2) is 0 Å². The summed E-state index contributed by atoms with van der Waals surface area (Å²) in [7, 11) is 0.